The summed E-state index contributed by atoms with van der Waals surface area (Å²) in [6.45, 7) is 5.58. The molecule has 29 heavy (non-hydrogen) atoms. The molecule has 0 aliphatic heterocycles. The van der Waals surface area contributed by atoms with Gasteiger partial charge >= 0.3 is 0 Å². The zero-order chi connectivity index (χ0) is 20.2. The fourth-order valence-electron chi connectivity index (χ4n) is 4.80. The third-order valence-corrected chi connectivity index (χ3v) is 6.11. The number of anilines is 1. The standard InChI is InChI=1S/C26H27N3/c1-26(2)16-21-19(14-15-23(27-21)28(3)4)25-24(26)20-12-8-9-13-22(20)29(25)17-18-10-6-5-7-11-18/h5-15H,16-17H2,1-4H3. The molecule has 2 aromatic carbocycles. The highest BCUT2D eigenvalue weighted by molar-refractivity contribution is 5.94. The molecule has 0 bridgehead atoms. The quantitative estimate of drug-likeness (QED) is 0.457. The van der Waals surface area contributed by atoms with Crippen LogP contribution >= 0.6 is 0 Å². The van der Waals surface area contributed by atoms with Gasteiger partial charge in [-0.1, -0.05) is 62.4 Å². The minimum absolute atomic E-state index is 0.0296. The summed E-state index contributed by atoms with van der Waals surface area (Å²) >= 11 is 0. The zero-order valence-electron chi connectivity index (χ0n) is 17.6. The van der Waals surface area contributed by atoms with Gasteiger partial charge in [-0.2, -0.15) is 0 Å². The average Bonchev–Trinajstić information content (AvgIpc) is 3.04. The number of para-hydroxylation sites is 1. The lowest BCUT2D eigenvalue weighted by Crippen LogP contribution is -2.27. The molecule has 1 aliphatic rings. The van der Waals surface area contributed by atoms with Crippen LogP contribution in [0.3, 0.4) is 0 Å². The van der Waals surface area contributed by atoms with Crippen molar-refractivity contribution in [3.8, 4) is 11.3 Å². The number of fused-ring (bicyclic) bond motifs is 5. The van der Waals surface area contributed by atoms with Crippen molar-refractivity contribution in [2.75, 3.05) is 19.0 Å². The van der Waals surface area contributed by atoms with E-state index < -0.39 is 0 Å². The summed E-state index contributed by atoms with van der Waals surface area (Å²) in [4.78, 5) is 7.12. The van der Waals surface area contributed by atoms with Crippen LogP contribution in [0.25, 0.3) is 22.2 Å². The third kappa shape index (κ3) is 2.84. The van der Waals surface area contributed by atoms with Crippen molar-refractivity contribution in [3.05, 3.63) is 83.6 Å². The molecule has 146 valence electrons. The van der Waals surface area contributed by atoms with Gasteiger partial charge in [-0.25, -0.2) is 4.98 Å². The smallest absolute Gasteiger partial charge is 0.128 e. The van der Waals surface area contributed by atoms with Gasteiger partial charge in [0.15, 0.2) is 0 Å². The topological polar surface area (TPSA) is 21.1 Å². The minimum atomic E-state index is 0.0296. The van der Waals surface area contributed by atoms with Gasteiger partial charge in [0.2, 0.25) is 0 Å². The molecule has 0 spiro atoms. The van der Waals surface area contributed by atoms with Crippen LogP contribution < -0.4 is 4.90 Å². The van der Waals surface area contributed by atoms with Gasteiger partial charge in [0.25, 0.3) is 0 Å². The number of aromatic nitrogens is 2. The SMILES string of the molecule is CN(C)c1ccc2c(n1)CC(C)(C)c1c-2n(Cc2ccccc2)c2ccccc12. The van der Waals surface area contributed by atoms with E-state index in [4.69, 9.17) is 4.98 Å². The molecule has 0 saturated carbocycles. The number of pyridine rings is 1. The fourth-order valence-corrected chi connectivity index (χ4v) is 4.80. The lowest BCUT2D eigenvalue weighted by Gasteiger charge is -2.33. The summed E-state index contributed by atoms with van der Waals surface area (Å²) in [5, 5.41) is 1.37. The van der Waals surface area contributed by atoms with Crippen LogP contribution in [-0.2, 0) is 18.4 Å². The lowest BCUT2D eigenvalue weighted by atomic mass is 9.73. The fraction of sp³-hybridized carbons (Fsp3) is 0.269. The molecule has 2 aromatic heterocycles. The second-order valence-electron chi connectivity index (χ2n) is 8.93. The maximum atomic E-state index is 5.04. The van der Waals surface area contributed by atoms with E-state index in [1.807, 2.05) is 0 Å². The number of hydrogen-bond acceptors (Lipinski definition) is 2. The molecular weight excluding hydrogens is 354 g/mol. The Bertz CT molecular complexity index is 1200. The molecule has 0 unspecified atom stereocenters. The van der Waals surface area contributed by atoms with Crippen LogP contribution in [0.5, 0.6) is 0 Å². The Morgan fingerprint density at radius 1 is 0.931 bits per heavy atom. The molecular formula is C26H27N3. The second kappa shape index (κ2) is 6.48. The van der Waals surface area contributed by atoms with Crippen molar-refractivity contribution in [1.29, 1.82) is 0 Å². The van der Waals surface area contributed by atoms with Crippen LogP contribution in [0.15, 0.2) is 66.7 Å². The molecule has 0 N–H and O–H groups in total. The highest BCUT2D eigenvalue weighted by Crippen LogP contribution is 2.48. The molecule has 0 amide bonds. The van der Waals surface area contributed by atoms with Crippen molar-refractivity contribution < 1.29 is 0 Å². The first-order valence-corrected chi connectivity index (χ1v) is 10.3. The van der Waals surface area contributed by atoms with Crippen molar-refractivity contribution in [1.82, 2.24) is 9.55 Å². The molecule has 3 heteroatoms. The van der Waals surface area contributed by atoms with Gasteiger partial charge in [0, 0.05) is 37.1 Å². The van der Waals surface area contributed by atoms with Gasteiger partial charge in [0.05, 0.1) is 11.4 Å². The monoisotopic (exact) mass is 381 g/mol. The average molecular weight is 382 g/mol. The van der Waals surface area contributed by atoms with Crippen molar-refractivity contribution in [3.63, 3.8) is 0 Å². The summed E-state index contributed by atoms with van der Waals surface area (Å²) in [5.41, 5.74) is 7.91. The minimum Gasteiger partial charge on any atom is -0.363 e. The Balaban J connectivity index is 1.82. The van der Waals surface area contributed by atoms with E-state index in [0.29, 0.717) is 0 Å². The highest BCUT2D eigenvalue weighted by Gasteiger charge is 2.37. The molecule has 0 saturated heterocycles. The van der Waals surface area contributed by atoms with Crippen LogP contribution in [0.2, 0.25) is 0 Å². The molecule has 2 heterocycles. The molecule has 5 rings (SSSR count). The zero-order valence-corrected chi connectivity index (χ0v) is 17.6. The van der Waals surface area contributed by atoms with Crippen molar-refractivity contribution in [2.45, 2.75) is 32.2 Å². The number of rotatable bonds is 3. The third-order valence-electron chi connectivity index (χ3n) is 6.11. The van der Waals surface area contributed by atoms with Crippen molar-refractivity contribution >= 4 is 16.7 Å². The van der Waals surface area contributed by atoms with Crippen LogP contribution in [-0.4, -0.2) is 23.6 Å². The summed E-state index contributed by atoms with van der Waals surface area (Å²) in [6, 6.07) is 24.0. The van der Waals surface area contributed by atoms with E-state index in [0.717, 1.165) is 18.8 Å². The second-order valence-corrected chi connectivity index (χ2v) is 8.93. The van der Waals surface area contributed by atoms with E-state index >= 15 is 0 Å². The maximum absolute atomic E-state index is 5.04. The van der Waals surface area contributed by atoms with E-state index in [1.54, 1.807) is 0 Å². The first kappa shape index (κ1) is 18.0. The predicted molar refractivity (Wildman–Crippen MR) is 122 cm³/mol. The first-order valence-electron chi connectivity index (χ1n) is 10.3. The molecule has 0 radical (unpaired) electrons. The first-order chi connectivity index (χ1) is 14.0. The summed E-state index contributed by atoms with van der Waals surface area (Å²) < 4.78 is 2.50. The Morgan fingerprint density at radius 2 is 1.66 bits per heavy atom. The van der Waals surface area contributed by atoms with Gasteiger partial charge in [-0.15, -0.1) is 0 Å². The number of nitrogens with zero attached hydrogens (tertiary/aromatic N) is 3. The van der Waals surface area contributed by atoms with Gasteiger partial charge in [-0.05, 0) is 41.2 Å². The van der Waals surface area contributed by atoms with E-state index in [9.17, 15) is 0 Å². The van der Waals surface area contributed by atoms with Gasteiger partial charge in [0.1, 0.15) is 5.82 Å². The van der Waals surface area contributed by atoms with E-state index in [-0.39, 0.29) is 5.41 Å². The van der Waals surface area contributed by atoms with Gasteiger partial charge in [-0.3, -0.25) is 0 Å². The van der Waals surface area contributed by atoms with E-state index in [1.165, 1.54) is 39.0 Å². The largest absolute Gasteiger partial charge is 0.363 e. The predicted octanol–water partition coefficient (Wildman–Crippen LogP) is 5.65. The Morgan fingerprint density at radius 3 is 2.41 bits per heavy atom. The Hall–Kier alpha value is -3.07. The summed E-state index contributed by atoms with van der Waals surface area (Å²) in [7, 11) is 4.11. The van der Waals surface area contributed by atoms with Gasteiger partial charge < -0.3 is 9.47 Å². The molecule has 3 nitrogen and oxygen atoms in total. The number of benzene rings is 2. The van der Waals surface area contributed by atoms with Crippen LogP contribution in [0, 0.1) is 0 Å². The summed E-state index contributed by atoms with van der Waals surface area (Å²) in [5.74, 6) is 1.02. The normalized spacial score (nSPS) is 14.5. The molecule has 0 fully saturated rings. The molecule has 0 atom stereocenters. The Labute approximate surface area is 172 Å². The number of hydrogen-bond donors (Lipinski definition) is 0. The lowest BCUT2D eigenvalue weighted by molar-refractivity contribution is 0.511. The highest BCUT2D eigenvalue weighted by atomic mass is 15.1. The Kier molecular flexibility index (Phi) is 4.02. The molecule has 1 aliphatic carbocycles. The molecule has 4 aromatic rings. The van der Waals surface area contributed by atoms with Crippen molar-refractivity contribution in [2.24, 2.45) is 0 Å². The van der Waals surface area contributed by atoms with Crippen LogP contribution in [0.4, 0.5) is 5.82 Å². The maximum Gasteiger partial charge on any atom is 0.128 e. The summed E-state index contributed by atoms with van der Waals surface area (Å²) in [6.07, 6.45) is 0.955. The van der Waals surface area contributed by atoms with E-state index in [2.05, 4.69) is 104 Å². The van der Waals surface area contributed by atoms with Crippen LogP contribution in [0.1, 0.15) is 30.7 Å².